The molecule has 7 nitrogen and oxygen atoms in total. The van der Waals surface area contributed by atoms with E-state index in [1.165, 1.54) is 0 Å². The van der Waals surface area contributed by atoms with Gasteiger partial charge in [-0.15, -0.1) is 0 Å². The van der Waals surface area contributed by atoms with Gasteiger partial charge in [0.25, 0.3) is 0 Å². The molecule has 142 valence electrons. The van der Waals surface area contributed by atoms with E-state index in [1.54, 1.807) is 9.80 Å². The van der Waals surface area contributed by atoms with E-state index in [0.29, 0.717) is 13.1 Å². The van der Waals surface area contributed by atoms with Crippen LogP contribution < -0.4 is 21.5 Å². The van der Waals surface area contributed by atoms with Crippen molar-refractivity contribution in [2.24, 2.45) is 11.7 Å². The molecule has 2 aliphatic rings. The molecular formula is C19H29N5O2. The zero-order valence-corrected chi connectivity index (χ0v) is 16.0. The standard InChI is InChI=1S/C19H29N5O2/c1-11-7-12(2)9-15(8-11)24-6-5-23(10-16(24)25)19(26)18(20)17-13(3)21-22-14(17)4/h7-9,13-14,17-18,21-22H,5-6,10,20H2,1-4H3. The summed E-state index contributed by atoms with van der Waals surface area (Å²) >= 11 is 0. The highest BCUT2D eigenvalue weighted by molar-refractivity contribution is 5.98. The molecule has 2 fully saturated rings. The van der Waals surface area contributed by atoms with Crippen molar-refractivity contribution in [1.29, 1.82) is 0 Å². The van der Waals surface area contributed by atoms with Crippen LogP contribution in [0.15, 0.2) is 18.2 Å². The van der Waals surface area contributed by atoms with Crippen molar-refractivity contribution in [3.63, 3.8) is 0 Å². The summed E-state index contributed by atoms with van der Waals surface area (Å²) in [5.74, 6) is -0.215. The number of rotatable bonds is 3. The minimum atomic E-state index is -0.622. The van der Waals surface area contributed by atoms with Gasteiger partial charge in [0.2, 0.25) is 11.8 Å². The Morgan fingerprint density at radius 3 is 2.23 bits per heavy atom. The first-order chi connectivity index (χ1) is 12.3. The van der Waals surface area contributed by atoms with Crippen LogP contribution in [0.25, 0.3) is 0 Å². The molecule has 3 unspecified atom stereocenters. The van der Waals surface area contributed by atoms with Crippen LogP contribution in [0.2, 0.25) is 0 Å². The number of amides is 2. The van der Waals surface area contributed by atoms with Gasteiger partial charge >= 0.3 is 0 Å². The van der Waals surface area contributed by atoms with Gasteiger partial charge in [0.15, 0.2) is 0 Å². The molecule has 2 aliphatic heterocycles. The molecule has 1 aromatic rings. The summed E-state index contributed by atoms with van der Waals surface area (Å²) in [5.41, 5.74) is 15.7. The fourth-order valence-corrected chi connectivity index (χ4v) is 4.13. The van der Waals surface area contributed by atoms with E-state index in [0.717, 1.165) is 16.8 Å². The molecule has 0 saturated carbocycles. The molecule has 2 amide bonds. The Kier molecular flexibility index (Phi) is 5.32. The Balaban J connectivity index is 1.68. The maximum absolute atomic E-state index is 12.8. The van der Waals surface area contributed by atoms with Crippen LogP contribution in [0, 0.1) is 19.8 Å². The highest BCUT2D eigenvalue weighted by atomic mass is 16.2. The van der Waals surface area contributed by atoms with E-state index in [2.05, 4.69) is 16.9 Å². The van der Waals surface area contributed by atoms with Gasteiger partial charge in [0.1, 0.15) is 6.54 Å². The van der Waals surface area contributed by atoms with Gasteiger partial charge in [-0.2, -0.15) is 0 Å². The maximum Gasteiger partial charge on any atom is 0.246 e. The van der Waals surface area contributed by atoms with Crippen LogP contribution in [0.4, 0.5) is 5.69 Å². The summed E-state index contributed by atoms with van der Waals surface area (Å²) in [7, 11) is 0. The summed E-state index contributed by atoms with van der Waals surface area (Å²) in [4.78, 5) is 28.9. The summed E-state index contributed by atoms with van der Waals surface area (Å²) in [6.45, 7) is 9.14. The van der Waals surface area contributed by atoms with E-state index in [-0.39, 0.29) is 36.4 Å². The largest absolute Gasteiger partial charge is 0.330 e. The molecule has 4 N–H and O–H groups in total. The van der Waals surface area contributed by atoms with Gasteiger partial charge in [0.05, 0.1) is 6.04 Å². The minimum Gasteiger partial charge on any atom is -0.330 e. The zero-order chi connectivity index (χ0) is 19.0. The fraction of sp³-hybridized carbons (Fsp3) is 0.579. The van der Waals surface area contributed by atoms with E-state index >= 15 is 0 Å². The van der Waals surface area contributed by atoms with Gasteiger partial charge in [0, 0.05) is 36.8 Å². The van der Waals surface area contributed by atoms with Crippen molar-refractivity contribution in [2.45, 2.75) is 45.8 Å². The lowest BCUT2D eigenvalue weighted by Gasteiger charge is -2.37. The van der Waals surface area contributed by atoms with Crippen LogP contribution in [-0.4, -0.2) is 54.5 Å². The number of carbonyl (C=O) groups is 2. The number of piperazine rings is 1. The maximum atomic E-state index is 12.8. The number of hydrogen-bond donors (Lipinski definition) is 3. The molecule has 26 heavy (non-hydrogen) atoms. The lowest BCUT2D eigenvalue weighted by Crippen LogP contribution is -2.58. The average Bonchev–Trinajstić information content (AvgIpc) is 2.91. The van der Waals surface area contributed by atoms with Gasteiger partial charge < -0.3 is 15.5 Å². The third kappa shape index (κ3) is 3.60. The molecule has 0 aromatic heterocycles. The smallest absolute Gasteiger partial charge is 0.246 e. The number of nitrogens with one attached hydrogen (secondary N) is 2. The van der Waals surface area contributed by atoms with Gasteiger partial charge in [-0.1, -0.05) is 6.07 Å². The molecular weight excluding hydrogens is 330 g/mol. The SMILES string of the molecule is Cc1cc(C)cc(N2CCN(C(=O)C(N)C3C(C)NNC3C)CC2=O)c1. The number of benzene rings is 1. The molecule has 2 saturated heterocycles. The Hall–Kier alpha value is -1.96. The fourth-order valence-electron chi connectivity index (χ4n) is 4.13. The van der Waals surface area contributed by atoms with Gasteiger partial charge in [-0.25, -0.2) is 0 Å². The van der Waals surface area contributed by atoms with Crippen molar-refractivity contribution in [3.8, 4) is 0 Å². The molecule has 3 atom stereocenters. The van der Waals surface area contributed by atoms with Crippen LogP contribution in [-0.2, 0) is 9.59 Å². The third-order valence-electron chi connectivity index (χ3n) is 5.44. The molecule has 0 aliphatic carbocycles. The van der Waals surface area contributed by atoms with Crippen LogP contribution in [0.5, 0.6) is 0 Å². The van der Waals surface area contributed by atoms with Crippen LogP contribution in [0.3, 0.4) is 0 Å². The summed E-state index contributed by atoms with van der Waals surface area (Å²) in [5, 5.41) is 0. The summed E-state index contributed by atoms with van der Waals surface area (Å²) in [6.07, 6.45) is 0. The predicted octanol–water partition coefficient (Wildman–Crippen LogP) is 0.307. The van der Waals surface area contributed by atoms with Crippen LogP contribution >= 0.6 is 0 Å². The van der Waals surface area contributed by atoms with Crippen molar-refractivity contribution in [1.82, 2.24) is 15.8 Å². The van der Waals surface area contributed by atoms with Crippen molar-refractivity contribution < 1.29 is 9.59 Å². The third-order valence-corrected chi connectivity index (χ3v) is 5.44. The number of nitrogens with zero attached hydrogens (tertiary/aromatic N) is 2. The second-order valence-corrected chi connectivity index (χ2v) is 7.62. The number of aryl methyl sites for hydroxylation is 2. The highest BCUT2D eigenvalue weighted by Gasteiger charge is 2.40. The number of anilines is 1. The highest BCUT2D eigenvalue weighted by Crippen LogP contribution is 2.23. The number of hydrazine groups is 1. The first-order valence-corrected chi connectivity index (χ1v) is 9.22. The van der Waals surface area contributed by atoms with Crippen LogP contribution in [0.1, 0.15) is 25.0 Å². The Bertz CT molecular complexity index is 677. The summed E-state index contributed by atoms with van der Waals surface area (Å²) < 4.78 is 0. The lowest BCUT2D eigenvalue weighted by molar-refractivity contribution is -0.139. The molecule has 3 rings (SSSR count). The zero-order valence-electron chi connectivity index (χ0n) is 16.0. The first kappa shape index (κ1) is 18.8. The minimum absolute atomic E-state index is 0.00458. The normalized spacial score (nSPS) is 27.7. The van der Waals surface area contributed by atoms with Gasteiger partial charge in [-0.05, 0) is 51.0 Å². The summed E-state index contributed by atoms with van der Waals surface area (Å²) in [6, 6.07) is 5.69. The monoisotopic (exact) mass is 359 g/mol. The molecule has 0 radical (unpaired) electrons. The van der Waals surface area contributed by atoms with E-state index in [4.69, 9.17) is 5.73 Å². The van der Waals surface area contributed by atoms with E-state index < -0.39 is 6.04 Å². The number of nitrogens with two attached hydrogens (primary N) is 1. The van der Waals surface area contributed by atoms with Crippen molar-refractivity contribution in [2.75, 3.05) is 24.5 Å². The van der Waals surface area contributed by atoms with E-state index in [9.17, 15) is 9.59 Å². The quantitative estimate of drug-likeness (QED) is 0.722. The lowest BCUT2D eigenvalue weighted by atomic mass is 9.88. The number of hydrogen-bond acceptors (Lipinski definition) is 5. The topological polar surface area (TPSA) is 90.7 Å². The van der Waals surface area contributed by atoms with Crippen molar-refractivity contribution >= 4 is 17.5 Å². The average molecular weight is 359 g/mol. The Labute approximate surface area is 154 Å². The van der Waals surface area contributed by atoms with Crippen molar-refractivity contribution in [3.05, 3.63) is 29.3 Å². The number of carbonyl (C=O) groups excluding carboxylic acids is 2. The molecule has 0 spiro atoms. The second-order valence-electron chi connectivity index (χ2n) is 7.62. The first-order valence-electron chi connectivity index (χ1n) is 9.22. The van der Waals surface area contributed by atoms with Gasteiger partial charge in [-0.3, -0.25) is 20.4 Å². The molecule has 1 aromatic carbocycles. The Morgan fingerprint density at radius 2 is 1.69 bits per heavy atom. The molecule has 2 heterocycles. The van der Waals surface area contributed by atoms with E-state index in [1.807, 2.05) is 39.8 Å². The second kappa shape index (κ2) is 7.34. The Morgan fingerprint density at radius 1 is 1.12 bits per heavy atom. The predicted molar refractivity (Wildman–Crippen MR) is 102 cm³/mol. The molecule has 7 heteroatoms. The molecule has 0 bridgehead atoms.